The van der Waals surface area contributed by atoms with Crippen LogP contribution in [0.4, 0.5) is 28.9 Å². The zero-order valence-corrected chi connectivity index (χ0v) is 19.9. The summed E-state index contributed by atoms with van der Waals surface area (Å²) in [6.07, 6.45) is 3.42. The molecule has 0 aliphatic carbocycles. The van der Waals surface area contributed by atoms with Gasteiger partial charge in [0.1, 0.15) is 23.3 Å². The summed E-state index contributed by atoms with van der Waals surface area (Å²) >= 11 is 0. The van der Waals surface area contributed by atoms with Gasteiger partial charge in [-0.25, -0.2) is 17.6 Å². The van der Waals surface area contributed by atoms with Crippen LogP contribution in [0.1, 0.15) is 16.8 Å². The van der Waals surface area contributed by atoms with Gasteiger partial charge < -0.3 is 21.1 Å². The van der Waals surface area contributed by atoms with Crippen LogP contribution >= 0.6 is 24.8 Å². The van der Waals surface area contributed by atoms with Crippen molar-refractivity contribution in [1.82, 2.24) is 4.98 Å². The van der Waals surface area contributed by atoms with Gasteiger partial charge in [0.25, 0.3) is 5.91 Å². The van der Waals surface area contributed by atoms with E-state index < -0.39 is 45.9 Å². The van der Waals surface area contributed by atoms with Gasteiger partial charge >= 0.3 is 0 Å². The Hall–Kier alpha value is -2.92. The number of nitrogens with two attached hydrogens (primary N) is 1. The summed E-state index contributed by atoms with van der Waals surface area (Å²) in [4.78, 5) is 18.6. The summed E-state index contributed by atoms with van der Waals surface area (Å²) in [7, 11) is 0. The first-order chi connectivity index (χ1) is 15.9. The van der Waals surface area contributed by atoms with Gasteiger partial charge in [-0.2, -0.15) is 0 Å². The Balaban J connectivity index is 0.00000306. The van der Waals surface area contributed by atoms with Gasteiger partial charge in [0.2, 0.25) is 0 Å². The Morgan fingerprint density at radius 2 is 1.63 bits per heavy atom. The summed E-state index contributed by atoms with van der Waals surface area (Å²) in [5.74, 6) is -5.93. The molecule has 4 N–H and O–H groups in total. The SMILES string of the molecule is Cl.Cl.NCCCN(CCO)c1ccncc1NC(=O)c1ccc(F)c(-c2c(F)cccc2F)c1F. The van der Waals surface area contributed by atoms with Gasteiger partial charge in [-0.3, -0.25) is 9.78 Å². The number of anilines is 2. The minimum Gasteiger partial charge on any atom is -0.395 e. The van der Waals surface area contributed by atoms with Gasteiger partial charge in [0, 0.05) is 19.3 Å². The lowest BCUT2D eigenvalue weighted by Gasteiger charge is -2.26. The fourth-order valence-corrected chi connectivity index (χ4v) is 3.40. The van der Waals surface area contributed by atoms with E-state index in [-0.39, 0.29) is 43.7 Å². The van der Waals surface area contributed by atoms with Crippen LogP contribution in [0.2, 0.25) is 0 Å². The monoisotopic (exact) mass is 534 g/mol. The fraction of sp³-hybridized carbons (Fsp3) is 0.217. The topological polar surface area (TPSA) is 91.5 Å². The summed E-state index contributed by atoms with van der Waals surface area (Å²) < 4.78 is 57.9. The molecule has 0 saturated carbocycles. The van der Waals surface area contributed by atoms with E-state index >= 15 is 4.39 Å². The molecular formula is C23H24Cl2F4N4O2. The van der Waals surface area contributed by atoms with E-state index in [2.05, 4.69) is 10.3 Å². The zero-order valence-electron chi connectivity index (χ0n) is 18.3. The second kappa shape index (κ2) is 13.8. The van der Waals surface area contributed by atoms with Crippen LogP contribution < -0.4 is 16.0 Å². The molecule has 0 aliphatic heterocycles. The third kappa shape index (κ3) is 6.82. The van der Waals surface area contributed by atoms with Crippen molar-refractivity contribution < 1.29 is 27.5 Å². The Morgan fingerprint density at radius 1 is 0.971 bits per heavy atom. The highest BCUT2D eigenvalue weighted by molar-refractivity contribution is 6.06. The number of hydrogen-bond acceptors (Lipinski definition) is 5. The Bertz CT molecular complexity index is 1130. The van der Waals surface area contributed by atoms with Crippen LogP contribution in [0, 0.1) is 23.3 Å². The van der Waals surface area contributed by atoms with Crippen LogP contribution in [-0.4, -0.2) is 42.2 Å². The maximum Gasteiger partial charge on any atom is 0.258 e. The number of benzene rings is 2. The number of carbonyl (C=O) groups excluding carboxylic acids is 1. The van der Waals surface area contributed by atoms with Crippen LogP contribution in [0.5, 0.6) is 0 Å². The Labute approximate surface area is 212 Å². The van der Waals surface area contributed by atoms with Crippen LogP contribution in [0.15, 0.2) is 48.8 Å². The van der Waals surface area contributed by atoms with E-state index in [9.17, 15) is 23.1 Å². The van der Waals surface area contributed by atoms with Gasteiger partial charge in [-0.1, -0.05) is 6.07 Å². The van der Waals surface area contributed by atoms with Crippen molar-refractivity contribution in [3.63, 3.8) is 0 Å². The molecule has 0 spiro atoms. The number of aliphatic hydroxyl groups excluding tert-OH is 1. The summed E-state index contributed by atoms with van der Waals surface area (Å²) in [5, 5.41) is 11.9. The van der Waals surface area contributed by atoms with Gasteiger partial charge in [0.05, 0.1) is 40.9 Å². The van der Waals surface area contributed by atoms with E-state index in [1.165, 1.54) is 12.4 Å². The van der Waals surface area contributed by atoms with Crippen LogP contribution in [-0.2, 0) is 0 Å². The first-order valence-electron chi connectivity index (χ1n) is 10.1. The Morgan fingerprint density at radius 3 is 2.26 bits per heavy atom. The van der Waals surface area contributed by atoms with Gasteiger partial charge in [0.15, 0.2) is 0 Å². The van der Waals surface area contributed by atoms with E-state index in [1.807, 2.05) is 0 Å². The van der Waals surface area contributed by atoms with E-state index in [1.54, 1.807) is 11.0 Å². The summed E-state index contributed by atoms with van der Waals surface area (Å²) in [6.45, 7) is 0.968. The number of carbonyl (C=O) groups is 1. The smallest absolute Gasteiger partial charge is 0.258 e. The number of nitrogens with zero attached hydrogens (tertiary/aromatic N) is 2. The van der Waals surface area contributed by atoms with Crippen molar-refractivity contribution in [2.45, 2.75) is 6.42 Å². The highest BCUT2D eigenvalue weighted by Gasteiger charge is 2.25. The second-order valence-corrected chi connectivity index (χ2v) is 7.08. The molecule has 0 saturated heterocycles. The lowest BCUT2D eigenvalue weighted by Crippen LogP contribution is -2.30. The number of amides is 1. The molecule has 0 radical (unpaired) electrons. The molecule has 35 heavy (non-hydrogen) atoms. The molecule has 1 heterocycles. The maximum atomic E-state index is 15.2. The standard InChI is InChI=1S/C23H22F4N4O2.2ClH/c24-15-3-1-4-16(25)20(15)21-17(26)6-5-14(22(21)27)23(33)30-18-13-29-9-7-19(18)31(11-12-32)10-2-8-28;;/h1,3-7,9,13,32H,2,8,10-12,28H2,(H,30,33);2*1H. The molecule has 1 aromatic heterocycles. The average Bonchev–Trinajstić information content (AvgIpc) is 2.79. The normalized spacial score (nSPS) is 10.2. The Kier molecular flexibility index (Phi) is 11.9. The molecule has 0 unspecified atom stereocenters. The lowest BCUT2D eigenvalue weighted by molar-refractivity contribution is 0.102. The number of pyridine rings is 1. The number of aliphatic hydroxyl groups is 1. The second-order valence-electron chi connectivity index (χ2n) is 7.08. The summed E-state index contributed by atoms with van der Waals surface area (Å²) in [5.41, 5.74) is 3.78. The van der Waals surface area contributed by atoms with Crippen molar-refractivity contribution in [3.05, 3.63) is 77.6 Å². The first kappa shape index (κ1) is 30.1. The number of hydrogen-bond donors (Lipinski definition) is 3. The molecular weight excluding hydrogens is 511 g/mol. The minimum absolute atomic E-state index is 0. The maximum absolute atomic E-state index is 15.2. The molecule has 0 fully saturated rings. The van der Waals surface area contributed by atoms with Crippen molar-refractivity contribution in [2.75, 3.05) is 36.5 Å². The number of nitrogens with one attached hydrogen (secondary N) is 1. The van der Waals surface area contributed by atoms with Gasteiger partial charge in [-0.05, 0) is 43.3 Å². The van der Waals surface area contributed by atoms with Crippen LogP contribution in [0.3, 0.4) is 0 Å². The molecule has 0 atom stereocenters. The molecule has 190 valence electrons. The average molecular weight is 535 g/mol. The number of aromatic nitrogens is 1. The van der Waals surface area contributed by atoms with Crippen molar-refractivity contribution in [1.29, 1.82) is 0 Å². The number of rotatable bonds is 9. The molecule has 3 aromatic rings. The molecule has 1 amide bonds. The summed E-state index contributed by atoms with van der Waals surface area (Å²) in [6, 6.07) is 6.04. The van der Waals surface area contributed by atoms with E-state index in [0.29, 0.717) is 25.2 Å². The minimum atomic E-state index is -1.41. The van der Waals surface area contributed by atoms with Gasteiger partial charge in [-0.15, -0.1) is 24.8 Å². The quantitative estimate of drug-likeness (QED) is 0.350. The third-order valence-corrected chi connectivity index (χ3v) is 4.94. The molecule has 0 bridgehead atoms. The predicted molar refractivity (Wildman–Crippen MR) is 131 cm³/mol. The van der Waals surface area contributed by atoms with E-state index in [4.69, 9.17) is 5.73 Å². The number of halogens is 6. The third-order valence-electron chi connectivity index (χ3n) is 4.94. The lowest BCUT2D eigenvalue weighted by atomic mass is 9.99. The van der Waals surface area contributed by atoms with E-state index in [0.717, 1.165) is 30.3 Å². The highest BCUT2D eigenvalue weighted by atomic mass is 35.5. The molecule has 3 rings (SSSR count). The molecule has 0 aliphatic rings. The van der Waals surface area contributed by atoms with Crippen molar-refractivity contribution >= 4 is 42.1 Å². The van der Waals surface area contributed by atoms with Crippen LogP contribution in [0.25, 0.3) is 11.1 Å². The first-order valence-corrected chi connectivity index (χ1v) is 10.1. The molecule has 2 aromatic carbocycles. The largest absolute Gasteiger partial charge is 0.395 e. The zero-order chi connectivity index (χ0) is 24.0. The predicted octanol–water partition coefficient (Wildman–Crippen LogP) is 4.55. The van der Waals surface area contributed by atoms with Crippen molar-refractivity contribution in [3.8, 4) is 11.1 Å². The fourth-order valence-electron chi connectivity index (χ4n) is 3.40. The molecule has 12 heteroatoms. The molecule has 6 nitrogen and oxygen atoms in total. The highest BCUT2D eigenvalue weighted by Crippen LogP contribution is 2.33. The van der Waals surface area contributed by atoms with Crippen molar-refractivity contribution in [2.24, 2.45) is 5.73 Å².